The molecule has 6 heteroatoms. The number of benzene rings is 1. The lowest BCUT2D eigenvalue weighted by atomic mass is 10.2. The molecule has 0 unspecified atom stereocenters. The molecule has 100 valence electrons. The molecule has 1 aromatic carbocycles. The van der Waals surface area contributed by atoms with E-state index in [1.54, 1.807) is 0 Å². The van der Waals surface area contributed by atoms with Gasteiger partial charge in [-0.25, -0.2) is 8.42 Å². The average Bonchev–Trinajstić information content (AvgIpc) is 2.50. The third-order valence-electron chi connectivity index (χ3n) is 3.10. The highest BCUT2D eigenvalue weighted by atomic mass is 79.9. The van der Waals surface area contributed by atoms with Crippen LogP contribution >= 0.6 is 31.9 Å². The molecule has 0 amide bonds. The van der Waals surface area contributed by atoms with Crippen molar-refractivity contribution in [3.8, 4) is 0 Å². The molecule has 0 atom stereocenters. The van der Waals surface area contributed by atoms with Gasteiger partial charge in [-0.05, 0) is 24.1 Å². The first-order chi connectivity index (χ1) is 8.52. The maximum atomic E-state index is 11.6. The first kappa shape index (κ1) is 14.3. The van der Waals surface area contributed by atoms with Crippen LogP contribution in [0.15, 0.2) is 22.7 Å². The van der Waals surface area contributed by atoms with Gasteiger partial charge in [-0.3, -0.25) is 0 Å². The van der Waals surface area contributed by atoms with Crippen LogP contribution in [-0.4, -0.2) is 33.0 Å². The fourth-order valence-corrected chi connectivity index (χ4v) is 4.68. The summed E-state index contributed by atoms with van der Waals surface area (Å²) < 4.78 is 24.2. The van der Waals surface area contributed by atoms with Crippen LogP contribution in [0.2, 0.25) is 0 Å². The lowest BCUT2D eigenvalue weighted by Gasteiger charge is -2.22. The summed E-state index contributed by atoms with van der Waals surface area (Å²) in [6, 6.07) is 6.18. The monoisotopic (exact) mass is 395 g/mol. The van der Waals surface area contributed by atoms with Gasteiger partial charge in [0.2, 0.25) is 0 Å². The second-order valence-electron chi connectivity index (χ2n) is 4.40. The van der Waals surface area contributed by atoms with Gasteiger partial charge in [-0.15, -0.1) is 0 Å². The molecule has 0 bridgehead atoms. The maximum Gasteiger partial charge on any atom is 0.152 e. The number of rotatable bonds is 2. The standard InChI is InChI=1S/C12H15Br2NO2S/c13-9-10-2-3-11(8-12(10)14)15-4-1-6-18(16,17)7-5-15/h2-3,8H,1,4-7,9H2. The summed E-state index contributed by atoms with van der Waals surface area (Å²) >= 11 is 6.97. The smallest absolute Gasteiger partial charge is 0.152 e. The maximum absolute atomic E-state index is 11.6. The number of nitrogens with zero attached hydrogens (tertiary/aromatic N) is 1. The zero-order chi connectivity index (χ0) is 13.2. The molecular weight excluding hydrogens is 382 g/mol. The second kappa shape index (κ2) is 5.92. The molecule has 1 aliphatic heterocycles. The summed E-state index contributed by atoms with van der Waals surface area (Å²) in [5.41, 5.74) is 2.28. The molecule has 1 saturated heterocycles. The summed E-state index contributed by atoms with van der Waals surface area (Å²) in [6.07, 6.45) is 0.708. The molecule has 0 saturated carbocycles. The predicted octanol–water partition coefficient (Wildman–Crippen LogP) is 2.97. The van der Waals surface area contributed by atoms with Gasteiger partial charge >= 0.3 is 0 Å². The lowest BCUT2D eigenvalue weighted by molar-refractivity contribution is 0.597. The van der Waals surface area contributed by atoms with Gasteiger partial charge in [0, 0.05) is 28.6 Å². The summed E-state index contributed by atoms with van der Waals surface area (Å²) in [7, 11) is -2.84. The van der Waals surface area contributed by atoms with E-state index in [1.807, 2.05) is 0 Å². The van der Waals surface area contributed by atoms with Crippen molar-refractivity contribution in [3.05, 3.63) is 28.2 Å². The van der Waals surface area contributed by atoms with Crippen molar-refractivity contribution in [2.24, 2.45) is 0 Å². The van der Waals surface area contributed by atoms with Crippen LogP contribution in [0, 0.1) is 0 Å². The SMILES string of the molecule is O=S1(=O)CCCN(c2ccc(CBr)c(Br)c2)CC1. The van der Waals surface area contributed by atoms with E-state index >= 15 is 0 Å². The van der Waals surface area contributed by atoms with Crippen molar-refractivity contribution in [1.82, 2.24) is 0 Å². The van der Waals surface area contributed by atoms with Crippen LogP contribution in [0.1, 0.15) is 12.0 Å². The Bertz CT molecular complexity index is 531. The Kier molecular flexibility index (Phi) is 4.72. The minimum atomic E-state index is -2.84. The minimum Gasteiger partial charge on any atom is -0.370 e. The summed E-state index contributed by atoms with van der Waals surface area (Å²) in [5.74, 6) is 0.564. The number of halogens is 2. The molecule has 3 nitrogen and oxygen atoms in total. The van der Waals surface area contributed by atoms with Crippen molar-refractivity contribution in [1.29, 1.82) is 0 Å². The molecule has 0 N–H and O–H groups in total. The Hall–Kier alpha value is -0.0700. The van der Waals surface area contributed by atoms with Crippen molar-refractivity contribution in [3.63, 3.8) is 0 Å². The number of hydrogen-bond acceptors (Lipinski definition) is 3. The normalized spacial score (nSPS) is 19.6. The molecule has 1 fully saturated rings. The second-order valence-corrected chi connectivity index (χ2v) is 8.12. The van der Waals surface area contributed by atoms with Gasteiger partial charge in [0.1, 0.15) is 0 Å². The predicted molar refractivity (Wildman–Crippen MR) is 82.3 cm³/mol. The Morgan fingerprint density at radius 1 is 1.22 bits per heavy atom. The molecule has 0 aliphatic carbocycles. The summed E-state index contributed by atoms with van der Waals surface area (Å²) in [6.45, 7) is 1.39. The van der Waals surface area contributed by atoms with Crippen molar-refractivity contribution in [2.45, 2.75) is 11.8 Å². The van der Waals surface area contributed by atoms with Crippen molar-refractivity contribution in [2.75, 3.05) is 29.5 Å². The summed E-state index contributed by atoms with van der Waals surface area (Å²) in [4.78, 5) is 2.15. The number of alkyl halides is 1. The zero-order valence-corrected chi connectivity index (χ0v) is 13.9. The van der Waals surface area contributed by atoms with Gasteiger partial charge in [0.05, 0.1) is 11.5 Å². The molecule has 1 aliphatic rings. The van der Waals surface area contributed by atoms with E-state index in [0.29, 0.717) is 18.7 Å². The van der Waals surface area contributed by atoms with E-state index in [1.165, 1.54) is 5.56 Å². The highest BCUT2D eigenvalue weighted by molar-refractivity contribution is 9.10. The fraction of sp³-hybridized carbons (Fsp3) is 0.500. The molecule has 2 rings (SSSR count). The highest BCUT2D eigenvalue weighted by Gasteiger charge is 2.19. The van der Waals surface area contributed by atoms with Crippen molar-refractivity contribution >= 4 is 47.4 Å². The van der Waals surface area contributed by atoms with E-state index in [9.17, 15) is 8.42 Å². The fourth-order valence-electron chi connectivity index (χ4n) is 2.04. The quantitative estimate of drug-likeness (QED) is 0.721. The number of hydrogen-bond donors (Lipinski definition) is 0. The average molecular weight is 397 g/mol. The topological polar surface area (TPSA) is 37.4 Å². The molecule has 1 heterocycles. The molecule has 0 aromatic heterocycles. The lowest BCUT2D eigenvalue weighted by Crippen LogP contribution is -2.26. The minimum absolute atomic E-state index is 0.255. The van der Waals surface area contributed by atoms with E-state index in [-0.39, 0.29) is 5.75 Å². The Balaban J connectivity index is 2.19. The Morgan fingerprint density at radius 2 is 2.00 bits per heavy atom. The number of anilines is 1. The Morgan fingerprint density at radius 3 is 2.67 bits per heavy atom. The van der Waals surface area contributed by atoms with Crippen LogP contribution < -0.4 is 4.90 Å². The largest absolute Gasteiger partial charge is 0.370 e. The van der Waals surface area contributed by atoms with Gasteiger partial charge in [-0.1, -0.05) is 37.9 Å². The van der Waals surface area contributed by atoms with Gasteiger partial charge in [0.15, 0.2) is 9.84 Å². The van der Waals surface area contributed by atoms with Crippen LogP contribution in [0.3, 0.4) is 0 Å². The third kappa shape index (κ3) is 3.48. The first-order valence-corrected chi connectivity index (χ1v) is 9.55. The summed E-state index contributed by atoms with van der Waals surface area (Å²) in [5, 5.41) is 0.808. The van der Waals surface area contributed by atoms with Gasteiger partial charge in [-0.2, -0.15) is 0 Å². The zero-order valence-electron chi connectivity index (χ0n) is 9.90. The van der Waals surface area contributed by atoms with E-state index in [2.05, 4.69) is 55.0 Å². The molecule has 0 spiro atoms. The van der Waals surface area contributed by atoms with Crippen LogP contribution in [0.25, 0.3) is 0 Å². The van der Waals surface area contributed by atoms with E-state index in [4.69, 9.17) is 0 Å². The van der Waals surface area contributed by atoms with Crippen LogP contribution in [0.5, 0.6) is 0 Å². The Labute approximate surface area is 125 Å². The van der Waals surface area contributed by atoms with E-state index < -0.39 is 9.84 Å². The van der Waals surface area contributed by atoms with Gasteiger partial charge < -0.3 is 4.90 Å². The van der Waals surface area contributed by atoms with E-state index in [0.717, 1.165) is 22.0 Å². The number of sulfone groups is 1. The first-order valence-electron chi connectivity index (χ1n) is 5.81. The molecule has 18 heavy (non-hydrogen) atoms. The molecular formula is C12H15Br2NO2S. The van der Waals surface area contributed by atoms with Crippen LogP contribution in [-0.2, 0) is 15.2 Å². The van der Waals surface area contributed by atoms with Crippen molar-refractivity contribution < 1.29 is 8.42 Å². The van der Waals surface area contributed by atoms with Crippen LogP contribution in [0.4, 0.5) is 5.69 Å². The molecule has 0 radical (unpaired) electrons. The van der Waals surface area contributed by atoms with Gasteiger partial charge in [0.25, 0.3) is 0 Å². The third-order valence-corrected chi connectivity index (χ3v) is 6.16. The highest BCUT2D eigenvalue weighted by Crippen LogP contribution is 2.26. The molecule has 1 aromatic rings.